The zero-order chi connectivity index (χ0) is 16.5. The Morgan fingerprint density at radius 1 is 1.29 bits per heavy atom. The molecule has 0 N–H and O–H groups in total. The number of aryl methyl sites for hydroxylation is 1. The van der Waals surface area contributed by atoms with Gasteiger partial charge < -0.3 is 9.64 Å². The highest BCUT2D eigenvalue weighted by Gasteiger charge is 2.34. The minimum Gasteiger partial charge on any atom is -0.492 e. The summed E-state index contributed by atoms with van der Waals surface area (Å²) >= 11 is 1.69. The third-order valence-corrected chi connectivity index (χ3v) is 5.56. The first kappa shape index (κ1) is 15.6. The predicted octanol–water partition coefficient (Wildman–Crippen LogP) is 2.27. The zero-order valence-corrected chi connectivity index (χ0v) is 14.6. The van der Waals surface area contributed by atoms with Crippen molar-refractivity contribution in [1.82, 2.24) is 14.8 Å². The number of aromatic nitrogens is 1. The van der Waals surface area contributed by atoms with E-state index in [0.717, 1.165) is 54.7 Å². The Bertz CT molecular complexity index is 737. The molecule has 1 fully saturated rings. The maximum atomic E-state index is 12.8. The largest absolute Gasteiger partial charge is 0.492 e. The Morgan fingerprint density at radius 3 is 2.83 bits per heavy atom. The fourth-order valence-electron chi connectivity index (χ4n) is 3.42. The molecule has 2 aromatic rings. The fourth-order valence-corrected chi connectivity index (χ4v) is 4.03. The van der Waals surface area contributed by atoms with Gasteiger partial charge in [-0.15, -0.1) is 11.3 Å². The Labute approximate surface area is 145 Å². The van der Waals surface area contributed by atoms with Crippen LogP contribution in [0.25, 0.3) is 0 Å². The number of piperazine rings is 1. The van der Waals surface area contributed by atoms with E-state index in [9.17, 15) is 4.79 Å². The van der Waals surface area contributed by atoms with Crippen LogP contribution in [0.1, 0.15) is 22.2 Å². The molecule has 1 saturated heterocycles. The molecule has 0 spiro atoms. The van der Waals surface area contributed by atoms with Crippen LogP contribution < -0.4 is 4.74 Å². The highest BCUT2D eigenvalue weighted by molar-refractivity contribution is 7.09. The standard InChI is InChI=1S/C18H21N3O2S/c1-13-19-14(12-24-13)10-20-6-8-21(9-7-20)18(22)16-11-23-17-5-3-2-4-15(16)17/h2-5,12,16H,6-11H2,1H3/t16-/m1/s1. The van der Waals surface area contributed by atoms with E-state index in [0.29, 0.717) is 6.61 Å². The topological polar surface area (TPSA) is 45.7 Å². The minimum absolute atomic E-state index is 0.144. The lowest BCUT2D eigenvalue weighted by molar-refractivity contribution is -0.134. The molecule has 3 heterocycles. The van der Waals surface area contributed by atoms with Gasteiger partial charge in [0, 0.05) is 43.7 Å². The summed E-state index contributed by atoms with van der Waals surface area (Å²) in [6.45, 7) is 6.74. The molecule has 0 radical (unpaired) electrons. The molecule has 1 atom stereocenters. The highest BCUT2D eigenvalue weighted by atomic mass is 32.1. The minimum atomic E-state index is -0.144. The molecule has 2 aliphatic heterocycles. The lowest BCUT2D eigenvalue weighted by atomic mass is 9.99. The molecule has 0 bridgehead atoms. The molecule has 1 aromatic heterocycles. The Kier molecular flexibility index (Phi) is 4.24. The van der Waals surface area contributed by atoms with Crippen molar-refractivity contribution in [2.45, 2.75) is 19.4 Å². The van der Waals surface area contributed by atoms with Gasteiger partial charge in [0.2, 0.25) is 5.91 Å². The van der Waals surface area contributed by atoms with Gasteiger partial charge in [0.1, 0.15) is 18.3 Å². The van der Waals surface area contributed by atoms with Crippen molar-refractivity contribution in [1.29, 1.82) is 0 Å². The molecule has 1 amide bonds. The summed E-state index contributed by atoms with van der Waals surface area (Å²) in [7, 11) is 0. The van der Waals surface area contributed by atoms with Crippen molar-refractivity contribution in [3.63, 3.8) is 0 Å². The van der Waals surface area contributed by atoms with Crippen molar-refractivity contribution >= 4 is 17.2 Å². The average Bonchev–Trinajstić information content (AvgIpc) is 3.21. The summed E-state index contributed by atoms with van der Waals surface area (Å²) < 4.78 is 5.66. The first-order valence-electron chi connectivity index (χ1n) is 8.34. The number of hydrogen-bond acceptors (Lipinski definition) is 5. The van der Waals surface area contributed by atoms with Gasteiger partial charge in [-0.05, 0) is 13.0 Å². The van der Waals surface area contributed by atoms with Crippen molar-refractivity contribution < 1.29 is 9.53 Å². The van der Waals surface area contributed by atoms with Gasteiger partial charge >= 0.3 is 0 Å². The number of carbonyl (C=O) groups is 1. The number of amides is 1. The van der Waals surface area contributed by atoms with E-state index in [-0.39, 0.29) is 11.8 Å². The number of para-hydroxylation sites is 1. The summed E-state index contributed by atoms with van der Waals surface area (Å²) in [5.41, 5.74) is 2.17. The van der Waals surface area contributed by atoms with Gasteiger partial charge in [-0.2, -0.15) is 0 Å². The van der Waals surface area contributed by atoms with Crippen LogP contribution >= 0.6 is 11.3 Å². The van der Waals surface area contributed by atoms with E-state index in [1.807, 2.05) is 36.1 Å². The molecule has 0 aliphatic carbocycles. The third kappa shape index (κ3) is 3.03. The van der Waals surface area contributed by atoms with Crippen LogP contribution in [-0.4, -0.2) is 53.5 Å². The van der Waals surface area contributed by atoms with Crippen molar-refractivity contribution in [2.24, 2.45) is 0 Å². The third-order valence-electron chi connectivity index (χ3n) is 4.73. The van der Waals surface area contributed by atoms with E-state index in [1.165, 1.54) is 0 Å². The van der Waals surface area contributed by atoms with E-state index in [4.69, 9.17) is 4.74 Å². The fraction of sp³-hybridized carbons (Fsp3) is 0.444. The Morgan fingerprint density at radius 2 is 2.08 bits per heavy atom. The second-order valence-corrected chi connectivity index (χ2v) is 7.42. The molecule has 0 unspecified atom stereocenters. The summed E-state index contributed by atoms with van der Waals surface area (Å²) in [5, 5.41) is 3.23. The Balaban J connectivity index is 1.35. The highest BCUT2D eigenvalue weighted by Crippen LogP contribution is 2.34. The molecule has 2 aliphatic rings. The van der Waals surface area contributed by atoms with Crippen LogP contribution in [0, 0.1) is 6.92 Å². The number of rotatable bonds is 3. The monoisotopic (exact) mass is 343 g/mol. The lowest BCUT2D eigenvalue weighted by Crippen LogP contribution is -2.49. The van der Waals surface area contributed by atoms with Gasteiger partial charge in [-0.1, -0.05) is 18.2 Å². The van der Waals surface area contributed by atoms with Crippen LogP contribution in [0.3, 0.4) is 0 Å². The van der Waals surface area contributed by atoms with E-state index in [1.54, 1.807) is 11.3 Å². The SMILES string of the molecule is Cc1nc(CN2CCN(C(=O)[C@@H]3COc4ccccc43)CC2)cs1. The quantitative estimate of drug-likeness (QED) is 0.858. The number of hydrogen-bond donors (Lipinski definition) is 0. The second-order valence-electron chi connectivity index (χ2n) is 6.36. The molecule has 24 heavy (non-hydrogen) atoms. The van der Waals surface area contributed by atoms with E-state index >= 15 is 0 Å². The molecule has 4 rings (SSSR count). The first-order chi connectivity index (χ1) is 11.7. The predicted molar refractivity (Wildman–Crippen MR) is 93.4 cm³/mol. The smallest absolute Gasteiger partial charge is 0.233 e. The van der Waals surface area contributed by atoms with E-state index in [2.05, 4.69) is 15.3 Å². The second kappa shape index (κ2) is 6.53. The molecule has 1 aromatic carbocycles. The molecule has 0 saturated carbocycles. The molecular formula is C18H21N3O2S. The maximum absolute atomic E-state index is 12.8. The van der Waals surface area contributed by atoms with Crippen molar-refractivity contribution in [3.8, 4) is 5.75 Å². The van der Waals surface area contributed by atoms with Gasteiger partial charge in [-0.25, -0.2) is 4.98 Å². The van der Waals surface area contributed by atoms with Crippen LogP contribution in [-0.2, 0) is 11.3 Å². The van der Waals surface area contributed by atoms with Crippen molar-refractivity contribution in [3.05, 3.63) is 45.9 Å². The molecule has 5 nitrogen and oxygen atoms in total. The van der Waals surface area contributed by atoms with Gasteiger partial charge in [0.25, 0.3) is 0 Å². The number of nitrogens with zero attached hydrogens (tertiary/aromatic N) is 3. The number of ether oxygens (including phenoxy) is 1. The van der Waals surface area contributed by atoms with E-state index < -0.39 is 0 Å². The average molecular weight is 343 g/mol. The van der Waals surface area contributed by atoms with Gasteiger partial charge in [-0.3, -0.25) is 9.69 Å². The molecular weight excluding hydrogens is 322 g/mol. The van der Waals surface area contributed by atoms with Gasteiger partial charge in [0.05, 0.1) is 10.7 Å². The summed E-state index contributed by atoms with van der Waals surface area (Å²) in [6.07, 6.45) is 0. The van der Waals surface area contributed by atoms with Gasteiger partial charge in [0.15, 0.2) is 0 Å². The zero-order valence-electron chi connectivity index (χ0n) is 13.8. The first-order valence-corrected chi connectivity index (χ1v) is 9.22. The molecule has 126 valence electrons. The van der Waals surface area contributed by atoms with Crippen LogP contribution in [0.4, 0.5) is 0 Å². The van der Waals surface area contributed by atoms with Crippen LogP contribution in [0.15, 0.2) is 29.6 Å². The van der Waals surface area contributed by atoms with Crippen LogP contribution in [0.5, 0.6) is 5.75 Å². The summed E-state index contributed by atoms with van der Waals surface area (Å²) in [6, 6.07) is 7.87. The summed E-state index contributed by atoms with van der Waals surface area (Å²) in [4.78, 5) is 21.7. The normalized spacial score (nSPS) is 20.7. The van der Waals surface area contributed by atoms with Crippen molar-refractivity contribution in [2.75, 3.05) is 32.8 Å². The number of fused-ring (bicyclic) bond motifs is 1. The Hall–Kier alpha value is -1.92. The number of carbonyl (C=O) groups excluding carboxylic acids is 1. The number of thiazole rings is 1. The lowest BCUT2D eigenvalue weighted by Gasteiger charge is -2.35. The van der Waals surface area contributed by atoms with Crippen LogP contribution in [0.2, 0.25) is 0 Å². The number of benzene rings is 1. The molecule has 6 heteroatoms. The maximum Gasteiger partial charge on any atom is 0.233 e. The summed E-state index contributed by atoms with van der Waals surface area (Å²) in [5.74, 6) is 0.909.